The smallest absolute Gasteiger partial charge is 0.331 e. The summed E-state index contributed by atoms with van der Waals surface area (Å²) in [5, 5.41) is 0. The Hall–Kier alpha value is -0.886. The first-order valence-corrected chi connectivity index (χ1v) is 17.1. The van der Waals surface area contributed by atoms with Crippen LogP contribution in [0.5, 0.6) is 0 Å². The minimum absolute atomic E-state index is 0.412. The van der Waals surface area contributed by atoms with Crippen molar-refractivity contribution in [2.24, 2.45) is 0 Å². The van der Waals surface area contributed by atoms with Crippen LogP contribution in [0.2, 0.25) is 50.4 Å². The Bertz CT molecular complexity index is 419. The van der Waals surface area contributed by atoms with Crippen LogP contribution in [0.4, 0.5) is 0 Å². The van der Waals surface area contributed by atoms with Crippen molar-refractivity contribution in [1.82, 2.24) is 0 Å². The highest BCUT2D eigenvalue weighted by molar-refractivity contribution is 6.77. The highest BCUT2D eigenvalue weighted by atomic mass is 28.3. The lowest BCUT2D eigenvalue weighted by Gasteiger charge is -2.27. The van der Waals surface area contributed by atoms with Crippen molar-refractivity contribution in [1.29, 1.82) is 0 Å². The zero-order valence-corrected chi connectivity index (χ0v) is 20.2. The van der Waals surface area contributed by atoms with Crippen LogP contribution >= 0.6 is 0 Å². The van der Waals surface area contributed by atoms with Gasteiger partial charge in [0.25, 0.3) is 0 Å². The Morgan fingerprint density at radius 2 is 1.04 bits per heavy atom. The van der Waals surface area contributed by atoms with Crippen molar-refractivity contribution in [3.8, 4) is 0 Å². The molecule has 0 radical (unpaired) electrons. The minimum Gasteiger partial charge on any atom is -0.463 e. The van der Waals surface area contributed by atoms with E-state index in [1.165, 1.54) is 12.2 Å². The van der Waals surface area contributed by atoms with E-state index in [2.05, 4.69) is 53.1 Å². The summed E-state index contributed by atoms with van der Waals surface area (Å²) in [6, 6.07) is 0. The number of hydrogen-bond acceptors (Lipinski definition) is 4. The monoisotopic (exact) mass is 400 g/mol. The first-order valence-electron chi connectivity index (χ1n) is 9.93. The lowest BCUT2D eigenvalue weighted by molar-refractivity contribution is -0.140. The van der Waals surface area contributed by atoms with Gasteiger partial charge in [-0.3, -0.25) is 0 Å². The Balaban J connectivity index is 4.15. The molecule has 2 unspecified atom stereocenters. The van der Waals surface area contributed by atoms with Crippen molar-refractivity contribution in [3.05, 3.63) is 12.2 Å². The molecular formula is C20H40O4Si2. The van der Waals surface area contributed by atoms with E-state index in [4.69, 9.17) is 9.47 Å². The van der Waals surface area contributed by atoms with Crippen LogP contribution in [0.3, 0.4) is 0 Å². The molecule has 0 aliphatic rings. The van der Waals surface area contributed by atoms with Gasteiger partial charge < -0.3 is 9.47 Å². The van der Waals surface area contributed by atoms with Crippen LogP contribution < -0.4 is 0 Å². The minimum atomic E-state index is -1.22. The summed E-state index contributed by atoms with van der Waals surface area (Å²) in [4.78, 5) is 23.5. The molecule has 152 valence electrons. The highest BCUT2D eigenvalue weighted by Crippen LogP contribution is 2.29. The lowest BCUT2D eigenvalue weighted by atomic mass is 10.2. The van der Waals surface area contributed by atoms with E-state index in [1.807, 2.05) is 0 Å². The molecule has 0 spiro atoms. The van der Waals surface area contributed by atoms with Crippen molar-refractivity contribution in [2.75, 3.05) is 13.2 Å². The SMILES string of the molecule is CCC(CCOC(=O)/C=C/C(=O)OCCC(CC)[Si](C)(C)C)[Si](C)(C)C. The number of rotatable bonds is 12. The molecule has 0 aromatic carbocycles. The van der Waals surface area contributed by atoms with Gasteiger partial charge in [-0.15, -0.1) is 0 Å². The van der Waals surface area contributed by atoms with Crippen molar-refractivity contribution < 1.29 is 19.1 Å². The molecule has 0 bridgehead atoms. The standard InChI is InChI=1S/C20H40O4Si2/c1-9-17(25(3,4)5)13-15-23-19(21)11-12-20(22)24-16-14-18(10-2)26(6,7)8/h11-12,17-18H,9-10,13-16H2,1-8H3/b12-11+. The highest BCUT2D eigenvalue weighted by Gasteiger charge is 2.25. The Kier molecular flexibility index (Phi) is 11.3. The fourth-order valence-electron chi connectivity index (χ4n) is 3.33. The van der Waals surface area contributed by atoms with Gasteiger partial charge in [0.1, 0.15) is 0 Å². The van der Waals surface area contributed by atoms with E-state index in [0.29, 0.717) is 24.3 Å². The van der Waals surface area contributed by atoms with Crippen LogP contribution in [0.25, 0.3) is 0 Å². The average Bonchev–Trinajstić information content (AvgIpc) is 2.51. The second-order valence-corrected chi connectivity index (χ2v) is 20.3. The molecule has 0 aromatic rings. The molecule has 0 N–H and O–H groups in total. The molecule has 0 aromatic heterocycles. The van der Waals surface area contributed by atoms with E-state index < -0.39 is 28.1 Å². The molecule has 0 saturated carbocycles. The summed E-state index contributed by atoms with van der Waals surface area (Å²) in [7, 11) is -2.43. The number of hydrogen-bond donors (Lipinski definition) is 0. The molecule has 4 nitrogen and oxygen atoms in total. The van der Waals surface area contributed by atoms with E-state index in [-0.39, 0.29) is 0 Å². The second-order valence-electron chi connectivity index (χ2n) is 9.19. The second kappa shape index (κ2) is 11.7. The fourth-order valence-corrected chi connectivity index (χ4v) is 7.75. The third kappa shape index (κ3) is 11.0. The Morgan fingerprint density at radius 3 is 1.27 bits per heavy atom. The van der Waals surface area contributed by atoms with Crippen LogP contribution in [0, 0.1) is 0 Å². The number of esters is 2. The van der Waals surface area contributed by atoms with Crippen molar-refractivity contribution in [3.63, 3.8) is 0 Å². The predicted octanol–water partition coefficient (Wildman–Crippen LogP) is 5.65. The van der Waals surface area contributed by atoms with Crippen LogP contribution in [0.1, 0.15) is 39.5 Å². The van der Waals surface area contributed by atoms with Crippen LogP contribution in [0.15, 0.2) is 12.2 Å². The van der Waals surface area contributed by atoms with Gasteiger partial charge in [0, 0.05) is 28.3 Å². The summed E-state index contributed by atoms with van der Waals surface area (Å²) in [5.74, 6) is -0.943. The Labute approximate surface area is 162 Å². The van der Waals surface area contributed by atoms with Crippen molar-refractivity contribution >= 4 is 28.1 Å². The first kappa shape index (κ1) is 25.1. The normalized spacial score (nSPS) is 14.9. The fraction of sp³-hybridized carbons (Fsp3) is 0.800. The van der Waals surface area contributed by atoms with Crippen LogP contribution in [-0.4, -0.2) is 41.3 Å². The maximum absolute atomic E-state index is 11.7. The number of carbonyl (C=O) groups excluding carboxylic acids is 2. The topological polar surface area (TPSA) is 52.6 Å². The van der Waals surface area contributed by atoms with E-state index in [1.54, 1.807) is 0 Å². The molecule has 0 amide bonds. The summed E-state index contributed by atoms with van der Waals surface area (Å²) in [6.07, 6.45) is 6.37. The predicted molar refractivity (Wildman–Crippen MR) is 115 cm³/mol. The molecular weight excluding hydrogens is 360 g/mol. The van der Waals surface area contributed by atoms with Gasteiger partial charge in [-0.2, -0.15) is 0 Å². The lowest BCUT2D eigenvalue weighted by Crippen LogP contribution is -2.29. The van der Waals surface area contributed by atoms with Gasteiger partial charge in [-0.1, -0.05) is 66.0 Å². The van der Waals surface area contributed by atoms with Crippen LogP contribution in [-0.2, 0) is 19.1 Å². The van der Waals surface area contributed by atoms with E-state index in [9.17, 15) is 9.59 Å². The van der Waals surface area contributed by atoms with Gasteiger partial charge in [0.15, 0.2) is 0 Å². The van der Waals surface area contributed by atoms with Gasteiger partial charge >= 0.3 is 11.9 Å². The van der Waals surface area contributed by atoms with Gasteiger partial charge in [-0.05, 0) is 23.9 Å². The third-order valence-electron chi connectivity index (χ3n) is 5.21. The summed E-state index contributed by atoms with van der Waals surface area (Å²) < 4.78 is 10.4. The largest absolute Gasteiger partial charge is 0.463 e. The molecule has 0 fully saturated rings. The molecule has 0 saturated heterocycles. The summed E-state index contributed by atoms with van der Waals surface area (Å²) in [6.45, 7) is 19.2. The zero-order chi connectivity index (χ0) is 20.4. The van der Waals surface area contributed by atoms with Crippen molar-refractivity contribution in [2.45, 2.75) is 89.9 Å². The first-order chi connectivity index (χ1) is 11.9. The molecule has 0 aliphatic heterocycles. The molecule has 0 aliphatic carbocycles. The van der Waals surface area contributed by atoms with E-state index >= 15 is 0 Å². The molecule has 26 heavy (non-hydrogen) atoms. The zero-order valence-electron chi connectivity index (χ0n) is 18.2. The molecule has 2 atom stereocenters. The van der Waals surface area contributed by atoms with Gasteiger partial charge in [0.2, 0.25) is 0 Å². The number of carbonyl (C=O) groups is 2. The third-order valence-corrected chi connectivity index (χ3v) is 11.5. The van der Waals surface area contributed by atoms with Gasteiger partial charge in [-0.25, -0.2) is 9.59 Å². The molecule has 0 rings (SSSR count). The van der Waals surface area contributed by atoms with Gasteiger partial charge in [0.05, 0.1) is 13.2 Å². The number of ether oxygens (including phenoxy) is 2. The average molecular weight is 401 g/mol. The maximum Gasteiger partial charge on any atom is 0.331 e. The quantitative estimate of drug-likeness (QED) is 0.241. The van der Waals surface area contributed by atoms with E-state index in [0.717, 1.165) is 25.7 Å². The summed E-state index contributed by atoms with van der Waals surface area (Å²) in [5.41, 5.74) is 1.28. The maximum atomic E-state index is 11.7. The Morgan fingerprint density at radius 1 is 0.731 bits per heavy atom. The summed E-state index contributed by atoms with van der Waals surface area (Å²) >= 11 is 0. The molecule has 0 heterocycles. The molecule has 6 heteroatoms.